The molecule has 28 heavy (non-hydrogen) atoms. The van der Waals surface area contributed by atoms with Gasteiger partial charge in [-0.2, -0.15) is 0 Å². The van der Waals surface area contributed by atoms with E-state index in [9.17, 15) is 9.59 Å². The Balaban J connectivity index is 0.000000483. The van der Waals surface area contributed by atoms with Gasteiger partial charge in [0.05, 0.1) is 26.4 Å². The van der Waals surface area contributed by atoms with Crippen LogP contribution in [0.25, 0.3) is 4.85 Å². The first-order chi connectivity index (χ1) is 13.5. The van der Waals surface area contributed by atoms with Crippen LogP contribution in [-0.4, -0.2) is 49.4 Å². The first kappa shape index (κ1) is 24.1. The van der Waals surface area contributed by atoms with Gasteiger partial charge < -0.3 is 25.5 Å². The Kier molecular flexibility index (Phi) is 11.5. The minimum absolute atomic E-state index is 0.0456. The molecule has 0 aliphatic heterocycles. The van der Waals surface area contributed by atoms with E-state index >= 15 is 0 Å². The molecule has 0 aliphatic rings. The molecule has 4 N–H and O–H groups in total. The van der Waals surface area contributed by atoms with E-state index in [0.717, 1.165) is 7.11 Å². The van der Waals surface area contributed by atoms with E-state index < -0.39 is 11.9 Å². The van der Waals surface area contributed by atoms with Gasteiger partial charge in [-0.1, -0.05) is 35.5 Å². The Morgan fingerprint density at radius 1 is 0.964 bits per heavy atom. The first-order valence-electron chi connectivity index (χ1n) is 7.63. The molecule has 9 heteroatoms. The number of aliphatic hydroxyl groups excluding tert-OH is 1. The number of carbonyl (C=O) groups is 2. The molecule has 2 rings (SSSR count). The Morgan fingerprint density at radius 3 is 1.89 bits per heavy atom. The van der Waals surface area contributed by atoms with Gasteiger partial charge in [0, 0.05) is 18.2 Å². The van der Waals surface area contributed by atoms with E-state index in [0.29, 0.717) is 22.4 Å². The lowest BCUT2D eigenvalue weighted by Gasteiger charge is -2.01. The molecule has 2 aromatic rings. The first-order valence-corrected chi connectivity index (χ1v) is 7.63. The molecule has 0 aliphatic carbocycles. The van der Waals surface area contributed by atoms with Crippen LogP contribution in [0.15, 0.2) is 53.7 Å². The van der Waals surface area contributed by atoms with Crippen LogP contribution in [0.2, 0.25) is 0 Å². The van der Waals surface area contributed by atoms with E-state index in [2.05, 4.69) is 19.5 Å². The molecule has 0 saturated carbocycles. The van der Waals surface area contributed by atoms with E-state index in [1.54, 1.807) is 36.4 Å². The van der Waals surface area contributed by atoms with E-state index in [1.807, 2.05) is 0 Å². The zero-order chi connectivity index (χ0) is 21.5. The topological polar surface area (TPSA) is 136 Å². The van der Waals surface area contributed by atoms with Crippen LogP contribution < -0.4 is 5.73 Å². The minimum atomic E-state index is -0.461. The van der Waals surface area contributed by atoms with Crippen molar-refractivity contribution in [3.05, 3.63) is 76.6 Å². The number of esters is 2. The van der Waals surface area contributed by atoms with Crippen LogP contribution >= 0.6 is 0 Å². The molecule has 0 unspecified atom stereocenters. The van der Waals surface area contributed by atoms with Gasteiger partial charge in [0.1, 0.15) is 0 Å². The summed E-state index contributed by atoms with van der Waals surface area (Å²) >= 11 is 0. The van der Waals surface area contributed by atoms with Crippen LogP contribution in [0, 0.1) is 6.57 Å². The second kappa shape index (κ2) is 13.3. The highest BCUT2D eigenvalue weighted by atomic mass is 16.5. The van der Waals surface area contributed by atoms with Crippen LogP contribution in [0.5, 0.6) is 0 Å². The van der Waals surface area contributed by atoms with Gasteiger partial charge in [-0.25, -0.2) is 14.4 Å². The van der Waals surface area contributed by atoms with Gasteiger partial charge >= 0.3 is 11.9 Å². The quantitative estimate of drug-likeness (QED) is 0.183. The Bertz CT molecular complexity index is 859. The fourth-order valence-electron chi connectivity index (χ4n) is 1.80. The number of methoxy groups -OCH3 is 2. The summed E-state index contributed by atoms with van der Waals surface area (Å²) in [6, 6.07) is 12.7. The zero-order valence-corrected chi connectivity index (χ0v) is 15.6. The van der Waals surface area contributed by atoms with Crippen LogP contribution in [0.4, 0.5) is 5.69 Å². The van der Waals surface area contributed by atoms with Gasteiger partial charge in [-0.3, -0.25) is 0 Å². The Morgan fingerprint density at radius 2 is 1.43 bits per heavy atom. The number of oxime groups is 1. The molecule has 0 radical (unpaired) electrons. The summed E-state index contributed by atoms with van der Waals surface area (Å²) in [6.07, 6.45) is 0. The Hall–Kier alpha value is -3.90. The number of amidine groups is 1. The SMILES string of the molecule is CO.COC(=O)c1cccc(/C(N)=N/O)c1.[C-]#[N+]c1cccc(C(=O)OC)c1. The van der Waals surface area contributed by atoms with Crippen molar-refractivity contribution in [3.63, 3.8) is 0 Å². The standard InChI is InChI=1S/C9H10N2O3.C9H7NO2.CH4O/c1-14-9(12)7-4-2-3-6(5-7)8(10)11-13;1-10-8-5-3-4-7(6-8)9(11)12-2;1-2/h2-5,13H,1H3,(H2,10,11);3-6H,2H3;2H,1H3. The van der Waals surface area contributed by atoms with Crippen molar-refractivity contribution in [3.8, 4) is 0 Å². The molecular weight excluding hydrogens is 366 g/mol. The molecular formula is C19H21N3O6. The van der Waals surface area contributed by atoms with Crippen molar-refractivity contribution >= 4 is 23.5 Å². The maximum Gasteiger partial charge on any atom is 0.337 e. The van der Waals surface area contributed by atoms with E-state index in [1.165, 1.54) is 26.4 Å². The monoisotopic (exact) mass is 387 g/mol. The number of rotatable bonds is 3. The third kappa shape index (κ3) is 7.55. The second-order valence-electron chi connectivity index (χ2n) is 4.71. The summed E-state index contributed by atoms with van der Waals surface area (Å²) in [4.78, 5) is 25.3. The van der Waals surface area contributed by atoms with Crippen molar-refractivity contribution in [1.82, 2.24) is 0 Å². The summed E-state index contributed by atoms with van der Waals surface area (Å²) in [5, 5.41) is 18.2. The second-order valence-corrected chi connectivity index (χ2v) is 4.71. The molecule has 148 valence electrons. The van der Waals surface area contributed by atoms with Crippen molar-refractivity contribution in [2.75, 3.05) is 21.3 Å². The fourth-order valence-corrected chi connectivity index (χ4v) is 1.80. The number of ether oxygens (including phenoxy) is 2. The molecule has 0 heterocycles. The predicted octanol–water partition coefficient (Wildman–Crippen LogP) is 2.20. The molecule has 0 fully saturated rings. The number of hydrogen-bond acceptors (Lipinski definition) is 7. The summed E-state index contributed by atoms with van der Waals surface area (Å²) in [7, 11) is 3.60. The van der Waals surface area contributed by atoms with Crippen molar-refractivity contribution in [2.24, 2.45) is 10.9 Å². The minimum Gasteiger partial charge on any atom is -0.465 e. The Labute approximate surface area is 162 Å². The lowest BCUT2D eigenvalue weighted by atomic mass is 10.1. The average molecular weight is 387 g/mol. The van der Waals surface area contributed by atoms with Gasteiger partial charge in [0.15, 0.2) is 11.5 Å². The molecule has 0 amide bonds. The predicted molar refractivity (Wildman–Crippen MR) is 102 cm³/mol. The van der Waals surface area contributed by atoms with E-state index in [4.69, 9.17) is 22.6 Å². The molecule has 0 aromatic heterocycles. The van der Waals surface area contributed by atoms with E-state index in [-0.39, 0.29) is 5.84 Å². The highest BCUT2D eigenvalue weighted by Gasteiger charge is 2.07. The summed E-state index contributed by atoms with van der Waals surface area (Å²) in [5.41, 5.74) is 7.03. The molecule has 0 bridgehead atoms. The van der Waals surface area contributed by atoms with Crippen molar-refractivity contribution < 1.29 is 29.4 Å². The fraction of sp³-hybridized carbons (Fsp3) is 0.158. The zero-order valence-electron chi connectivity index (χ0n) is 15.6. The lowest BCUT2D eigenvalue weighted by Crippen LogP contribution is -2.14. The molecule has 0 atom stereocenters. The smallest absolute Gasteiger partial charge is 0.337 e. The number of benzene rings is 2. The summed E-state index contributed by atoms with van der Waals surface area (Å²) < 4.78 is 9.02. The normalized spacial score (nSPS) is 9.46. The maximum atomic E-state index is 11.1. The number of nitrogens with two attached hydrogens (primary N) is 1. The number of nitrogens with zero attached hydrogens (tertiary/aromatic N) is 2. The third-order valence-corrected chi connectivity index (χ3v) is 3.08. The van der Waals surface area contributed by atoms with Crippen LogP contribution in [-0.2, 0) is 9.47 Å². The average Bonchev–Trinajstić information content (AvgIpc) is 2.79. The molecule has 0 saturated heterocycles. The maximum absolute atomic E-state index is 11.1. The lowest BCUT2D eigenvalue weighted by molar-refractivity contribution is 0.0592. The van der Waals surface area contributed by atoms with Crippen molar-refractivity contribution in [2.45, 2.75) is 0 Å². The van der Waals surface area contributed by atoms with Crippen molar-refractivity contribution in [1.29, 1.82) is 0 Å². The summed E-state index contributed by atoms with van der Waals surface area (Å²) in [5.74, 6) is -0.922. The van der Waals surface area contributed by atoms with Gasteiger partial charge in [-0.15, -0.1) is 0 Å². The highest BCUT2D eigenvalue weighted by molar-refractivity contribution is 5.99. The van der Waals surface area contributed by atoms with Crippen LogP contribution in [0.1, 0.15) is 26.3 Å². The molecule has 2 aromatic carbocycles. The number of hydrogen-bond donors (Lipinski definition) is 3. The highest BCUT2D eigenvalue weighted by Crippen LogP contribution is 2.14. The number of carbonyl (C=O) groups excluding carboxylic acids is 2. The summed E-state index contributed by atoms with van der Waals surface area (Å²) in [6.45, 7) is 6.71. The molecule has 9 nitrogen and oxygen atoms in total. The van der Waals surface area contributed by atoms with Gasteiger partial charge in [0.25, 0.3) is 0 Å². The number of aliphatic hydroxyl groups is 1. The molecule has 0 spiro atoms. The largest absolute Gasteiger partial charge is 0.465 e. The van der Waals surface area contributed by atoms with Gasteiger partial charge in [0.2, 0.25) is 0 Å². The van der Waals surface area contributed by atoms with Crippen LogP contribution in [0.3, 0.4) is 0 Å². The van der Waals surface area contributed by atoms with Gasteiger partial charge in [-0.05, 0) is 18.2 Å². The third-order valence-electron chi connectivity index (χ3n) is 3.08.